The molecule has 0 saturated carbocycles. The number of rotatable bonds is 7. The summed E-state index contributed by atoms with van der Waals surface area (Å²) < 4.78 is 16.7. The molecule has 6 nitrogen and oxygen atoms in total. The highest BCUT2D eigenvalue weighted by Crippen LogP contribution is 2.22. The Bertz CT molecular complexity index is 711. The van der Waals surface area contributed by atoms with Crippen molar-refractivity contribution < 1.29 is 13.5 Å². The van der Waals surface area contributed by atoms with Gasteiger partial charge in [0, 0.05) is 39.6 Å². The average molecular weight is 349 g/mol. The number of benzene rings is 1. The highest BCUT2D eigenvalue weighted by atomic mass is 32.2. The van der Waals surface area contributed by atoms with E-state index in [1.165, 1.54) is 0 Å². The molecule has 0 bridgehead atoms. The van der Waals surface area contributed by atoms with Gasteiger partial charge in [0.2, 0.25) is 0 Å². The second-order valence-electron chi connectivity index (χ2n) is 5.52. The standard InChI is InChI=1S/C17H23N3O3S/c1-4-12(5-2)16-10-14(23-20-16)11-18-17(21)19-13-7-6-8-15(9-13)24(3)22/h6-10,12H,4-5,11H2,1-3H3,(H2,18,19,21)/t24-/m1/s1. The van der Waals surface area contributed by atoms with Crippen molar-refractivity contribution in [3.05, 3.63) is 41.8 Å². The largest absolute Gasteiger partial charge is 0.359 e. The second kappa shape index (κ2) is 8.63. The summed E-state index contributed by atoms with van der Waals surface area (Å²) in [6.07, 6.45) is 3.61. The van der Waals surface area contributed by atoms with Gasteiger partial charge in [-0.05, 0) is 31.0 Å². The van der Waals surface area contributed by atoms with E-state index < -0.39 is 10.8 Å². The minimum Gasteiger partial charge on any atom is -0.359 e. The van der Waals surface area contributed by atoms with E-state index in [1.807, 2.05) is 6.07 Å². The predicted molar refractivity (Wildman–Crippen MR) is 94.5 cm³/mol. The molecule has 1 aromatic carbocycles. The summed E-state index contributed by atoms with van der Waals surface area (Å²) in [5, 5.41) is 9.51. The summed E-state index contributed by atoms with van der Waals surface area (Å²) in [5.41, 5.74) is 1.52. The number of urea groups is 1. The topological polar surface area (TPSA) is 84.2 Å². The van der Waals surface area contributed by atoms with Crippen LogP contribution in [0.15, 0.2) is 39.8 Å². The number of anilines is 1. The Morgan fingerprint density at radius 2 is 2.04 bits per heavy atom. The molecule has 2 rings (SSSR count). The third kappa shape index (κ3) is 4.92. The first kappa shape index (κ1) is 18.2. The van der Waals surface area contributed by atoms with E-state index in [0.717, 1.165) is 18.5 Å². The molecule has 0 fully saturated rings. The molecule has 0 saturated heterocycles. The van der Waals surface area contributed by atoms with Gasteiger partial charge in [0.05, 0.1) is 12.2 Å². The van der Waals surface area contributed by atoms with Crippen LogP contribution in [0.25, 0.3) is 0 Å². The van der Waals surface area contributed by atoms with Gasteiger partial charge in [-0.1, -0.05) is 25.1 Å². The van der Waals surface area contributed by atoms with Gasteiger partial charge in [0.1, 0.15) is 0 Å². The Hall–Kier alpha value is -2.15. The zero-order chi connectivity index (χ0) is 17.5. The summed E-state index contributed by atoms with van der Waals surface area (Å²) in [5.74, 6) is 1.00. The molecule has 130 valence electrons. The first-order chi connectivity index (χ1) is 11.5. The van der Waals surface area contributed by atoms with Crippen molar-refractivity contribution >= 4 is 22.5 Å². The van der Waals surface area contributed by atoms with Crippen LogP contribution in [0.4, 0.5) is 10.5 Å². The third-order valence-electron chi connectivity index (χ3n) is 3.83. The molecular formula is C17H23N3O3S. The quantitative estimate of drug-likeness (QED) is 0.799. The number of aromatic nitrogens is 1. The zero-order valence-corrected chi connectivity index (χ0v) is 15.0. The van der Waals surface area contributed by atoms with E-state index in [0.29, 0.717) is 22.3 Å². The number of amides is 2. The molecule has 1 atom stereocenters. The molecule has 0 radical (unpaired) electrons. The van der Waals surface area contributed by atoms with Crippen LogP contribution < -0.4 is 10.6 Å². The van der Waals surface area contributed by atoms with Crippen LogP contribution in [-0.2, 0) is 17.3 Å². The molecule has 0 spiro atoms. The van der Waals surface area contributed by atoms with Crippen molar-refractivity contribution in [2.24, 2.45) is 0 Å². The van der Waals surface area contributed by atoms with Crippen LogP contribution in [0.1, 0.15) is 44.1 Å². The molecule has 7 heteroatoms. The van der Waals surface area contributed by atoms with E-state index >= 15 is 0 Å². The lowest BCUT2D eigenvalue weighted by Crippen LogP contribution is -2.28. The Morgan fingerprint density at radius 1 is 1.29 bits per heavy atom. The maximum atomic E-state index is 12.0. The van der Waals surface area contributed by atoms with E-state index in [-0.39, 0.29) is 12.6 Å². The summed E-state index contributed by atoms with van der Waals surface area (Å²) in [6, 6.07) is 8.48. The Kier molecular flexibility index (Phi) is 6.54. The monoisotopic (exact) mass is 349 g/mol. The number of hydrogen-bond donors (Lipinski definition) is 2. The summed E-state index contributed by atoms with van der Waals surface area (Å²) in [7, 11) is -1.09. The molecule has 0 aliphatic heterocycles. The van der Waals surface area contributed by atoms with Crippen molar-refractivity contribution in [2.75, 3.05) is 11.6 Å². The summed E-state index contributed by atoms with van der Waals surface area (Å²) in [6.45, 7) is 4.50. The fraction of sp³-hybridized carbons (Fsp3) is 0.412. The first-order valence-electron chi connectivity index (χ1n) is 7.97. The van der Waals surface area contributed by atoms with Crippen molar-refractivity contribution in [2.45, 2.75) is 44.0 Å². The molecule has 24 heavy (non-hydrogen) atoms. The van der Waals surface area contributed by atoms with Crippen LogP contribution in [0.3, 0.4) is 0 Å². The molecular weight excluding hydrogens is 326 g/mol. The Balaban J connectivity index is 1.89. The number of nitrogens with one attached hydrogen (secondary N) is 2. The van der Waals surface area contributed by atoms with Gasteiger partial charge in [-0.3, -0.25) is 4.21 Å². The lowest BCUT2D eigenvalue weighted by molar-refractivity contribution is 0.250. The van der Waals surface area contributed by atoms with Gasteiger partial charge in [0.15, 0.2) is 5.76 Å². The molecule has 1 aromatic heterocycles. The highest BCUT2D eigenvalue weighted by molar-refractivity contribution is 7.84. The van der Waals surface area contributed by atoms with Crippen molar-refractivity contribution in [3.8, 4) is 0 Å². The van der Waals surface area contributed by atoms with Crippen LogP contribution >= 0.6 is 0 Å². The average Bonchev–Trinajstić information content (AvgIpc) is 3.03. The molecule has 2 N–H and O–H groups in total. The number of carbonyl (C=O) groups excluding carboxylic acids is 1. The smallest absolute Gasteiger partial charge is 0.319 e. The van der Waals surface area contributed by atoms with Gasteiger partial charge in [0.25, 0.3) is 0 Å². The third-order valence-corrected chi connectivity index (χ3v) is 4.75. The maximum absolute atomic E-state index is 12.0. The fourth-order valence-electron chi connectivity index (χ4n) is 2.41. The van der Waals surface area contributed by atoms with Crippen LogP contribution in [-0.4, -0.2) is 21.7 Å². The first-order valence-corrected chi connectivity index (χ1v) is 9.53. The van der Waals surface area contributed by atoms with E-state index in [1.54, 1.807) is 30.5 Å². The van der Waals surface area contributed by atoms with Gasteiger partial charge in [-0.2, -0.15) is 0 Å². The lowest BCUT2D eigenvalue weighted by atomic mass is 9.99. The van der Waals surface area contributed by atoms with E-state index in [2.05, 4.69) is 29.6 Å². The van der Waals surface area contributed by atoms with E-state index in [9.17, 15) is 9.00 Å². The molecule has 2 amide bonds. The minimum absolute atomic E-state index is 0.262. The molecule has 2 aromatic rings. The number of nitrogens with zero attached hydrogens (tertiary/aromatic N) is 1. The Labute approximate surface area is 144 Å². The molecule has 1 heterocycles. The van der Waals surface area contributed by atoms with Crippen molar-refractivity contribution in [1.82, 2.24) is 10.5 Å². The Morgan fingerprint density at radius 3 is 2.71 bits per heavy atom. The SMILES string of the molecule is CCC(CC)c1cc(CNC(=O)Nc2cccc([S@@](C)=O)c2)on1. The van der Waals surface area contributed by atoms with Gasteiger partial charge >= 0.3 is 6.03 Å². The normalized spacial score (nSPS) is 12.2. The van der Waals surface area contributed by atoms with Gasteiger partial charge in [-0.15, -0.1) is 0 Å². The maximum Gasteiger partial charge on any atom is 0.319 e. The summed E-state index contributed by atoms with van der Waals surface area (Å²) >= 11 is 0. The van der Waals surface area contributed by atoms with Crippen LogP contribution in [0.5, 0.6) is 0 Å². The zero-order valence-electron chi connectivity index (χ0n) is 14.2. The molecule has 0 unspecified atom stereocenters. The van der Waals surface area contributed by atoms with E-state index in [4.69, 9.17) is 4.52 Å². The molecule has 0 aliphatic rings. The van der Waals surface area contributed by atoms with Crippen molar-refractivity contribution in [1.29, 1.82) is 0 Å². The van der Waals surface area contributed by atoms with Gasteiger partial charge < -0.3 is 15.2 Å². The second-order valence-corrected chi connectivity index (χ2v) is 6.90. The van der Waals surface area contributed by atoms with Crippen LogP contribution in [0, 0.1) is 0 Å². The minimum atomic E-state index is -1.09. The number of carbonyl (C=O) groups is 1. The van der Waals surface area contributed by atoms with Crippen molar-refractivity contribution in [3.63, 3.8) is 0 Å². The highest BCUT2D eigenvalue weighted by Gasteiger charge is 2.13. The number of hydrogen-bond acceptors (Lipinski definition) is 4. The fourth-order valence-corrected chi connectivity index (χ4v) is 2.97. The van der Waals surface area contributed by atoms with Gasteiger partial charge in [-0.25, -0.2) is 4.79 Å². The predicted octanol–water partition coefficient (Wildman–Crippen LogP) is 3.64. The van der Waals surface area contributed by atoms with Crippen LogP contribution in [0.2, 0.25) is 0 Å². The summed E-state index contributed by atoms with van der Waals surface area (Å²) in [4.78, 5) is 12.6. The lowest BCUT2D eigenvalue weighted by Gasteiger charge is -2.07. The molecule has 0 aliphatic carbocycles.